The molecule has 1 aromatic carbocycles. The lowest BCUT2D eigenvalue weighted by molar-refractivity contribution is -0.170. The number of halogens is 3. The maximum atomic E-state index is 15.4. The lowest BCUT2D eigenvalue weighted by atomic mass is 9.87. The smallest absolute Gasteiger partial charge is 0.303 e. The second-order valence-electron chi connectivity index (χ2n) is 10.8. The van der Waals surface area contributed by atoms with Gasteiger partial charge in [-0.3, -0.25) is 4.79 Å². The number of nitrogens with zero attached hydrogens (tertiary/aromatic N) is 5. The molecule has 0 saturated carbocycles. The zero-order valence-corrected chi connectivity index (χ0v) is 22.0. The number of nitrogens with one attached hydrogen (secondary N) is 1. The topological polar surface area (TPSA) is 94.5 Å². The summed E-state index contributed by atoms with van der Waals surface area (Å²) in [5.74, 6) is -3.94. The average Bonchev–Trinajstić information content (AvgIpc) is 2.82. The predicted octanol–water partition coefficient (Wildman–Crippen LogP) is 4.32. The molecule has 5 heterocycles. The van der Waals surface area contributed by atoms with E-state index in [4.69, 9.17) is 0 Å². The second kappa shape index (κ2) is 9.07. The van der Waals surface area contributed by atoms with Gasteiger partial charge in [-0.05, 0) is 46.2 Å². The number of carbonyl (C=O) groups excluding carboxylic acids is 1. The van der Waals surface area contributed by atoms with Crippen LogP contribution in [0, 0.1) is 12.7 Å². The van der Waals surface area contributed by atoms with Crippen LogP contribution in [0.2, 0.25) is 0 Å². The van der Waals surface area contributed by atoms with E-state index in [0.717, 1.165) is 32.0 Å². The van der Waals surface area contributed by atoms with E-state index in [9.17, 15) is 18.7 Å². The number of benzene rings is 1. The number of hydrogen-bond donors (Lipinski definition) is 2. The molecule has 2 N–H and O–H groups in total. The molecule has 0 aliphatic carbocycles. The Hall–Kier alpha value is -3.47. The molecule has 38 heavy (non-hydrogen) atoms. The van der Waals surface area contributed by atoms with Crippen molar-refractivity contribution >= 4 is 28.4 Å². The maximum Gasteiger partial charge on any atom is 0.303 e. The van der Waals surface area contributed by atoms with Crippen LogP contribution in [0.15, 0.2) is 30.5 Å². The van der Waals surface area contributed by atoms with Gasteiger partial charge in [-0.1, -0.05) is 12.1 Å². The second-order valence-corrected chi connectivity index (χ2v) is 10.8. The van der Waals surface area contributed by atoms with Crippen LogP contribution >= 0.6 is 0 Å². The molecule has 3 atom stereocenters. The van der Waals surface area contributed by atoms with E-state index in [1.807, 2.05) is 11.0 Å². The van der Waals surface area contributed by atoms with Crippen molar-refractivity contribution in [2.45, 2.75) is 70.7 Å². The first-order valence-corrected chi connectivity index (χ1v) is 12.6. The van der Waals surface area contributed by atoms with Crippen LogP contribution in [0.3, 0.4) is 0 Å². The van der Waals surface area contributed by atoms with Crippen molar-refractivity contribution in [2.24, 2.45) is 0 Å². The van der Waals surface area contributed by atoms with E-state index in [1.165, 1.54) is 12.1 Å². The van der Waals surface area contributed by atoms with Crippen LogP contribution in [0.1, 0.15) is 57.1 Å². The van der Waals surface area contributed by atoms with Gasteiger partial charge in [0.25, 0.3) is 0 Å². The normalized spacial score (nSPS) is 20.3. The summed E-state index contributed by atoms with van der Waals surface area (Å²) in [6.07, 6.45) is 2.73. The lowest BCUT2D eigenvalue weighted by Crippen LogP contribution is -2.70. The van der Waals surface area contributed by atoms with Crippen LogP contribution in [-0.2, 0) is 10.7 Å². The fourth-order valence-corrected chi connectivity index (χ4v) is 5.47. The Kier molecular flexibility index (Phi) is 6.24. The monoisotopic (exact) mass is 528 g/mol. The molecule has 3 aliphatic rings. The summed E-state index contributed by atoms with van der Waals surface area (Å²) < 4.78 is 45.0. The van der Waals surface area contributed by atoms with E-state index < -0.39 is 28.9 Å². The van der Waals surface area contributed by atoms with Gasteiger partial charge < -0.3 is 20.2 Å². The average molecular weight is 529 g/mol. The number of fused-ring (bicyclic) bond motifs is 3. The third-order valence-electron chi connectivity index (χ3n) is 7.53. The van der Waals surface area contributed by atoms with Crippen molar-refractivity contribution in [2.75, 3.05) is 23.3 Å². The lowest BCUT2D eigenvalue weighted by Gasteiger charge is -2.56. The highest BCUT2D eigenvalue weighted by Gasteiger charge is 2.49. The molecular formula is C27H31F3N6O2. The largest absolute Gasteiger partial charge is 0.384 e. The van der Waals surface area contributed by atoms with E-state index in [1.54, 1.807) is 27.0 Å². The standard InChI is InChI=1S/C27H31F3N6O2/c1-14(20-7-6-8-22(23(20)28)27(29,30)26(4,5)38)32-25-21-10-17(11-31-24(21)33-15(2)34-25)35-12-18-9-19(13-35)36(18)16(3)37/h6-8,10-11,14,18-19,38H,9,12-13H2,1-5H3,(H,31,32,33,34)/t14-,18?,19?/m1/s1. The molecule has 3 aromatic rings. The Balaban J connectivity index is 1.46. The van der Waals surface area contributed by atoms with Crippen LogP contribution in [0.25, 0.3) is 11.0 Å². The summed E-state index contributed by atoms with van der Waals surface area (Å²) in [5, 5.41) is 13.7. The Morgan fingerprint density at radius 1 is 1.21 bits per heavy atom. The first-order chi connectivity index (χ1) is 17.8. The van der Waals surface area contributed by atoms with Crippen molar-refractivity contribution < 1.29 is 23.1 Å². The number of hydrogen-bond acceptors (Lipinski definition) is 7. The van der Waals surface area contributed by atoms with Crippen molar-refractivity contribution in [3.05, 3.63) is 53.2 Å². The molecule has 3 aliphatic heterocycles. The van der Waals surface area contributed by atoms with Gasteiger partial charge >= 0.3 is 5.92 Å². The molecule has 0 radical (unpaired) electrons. The molecule has 0 spiro atoms. The quantitative estimate of drug-likeness (QED) is 0.492. The van der Waals surface area contributed by atoms with Crippen LogP contribution in [0.5, 0.6) is 0 Å². The summed E-state index contributed by atoms with van der Waals surface area (Å²) in [5.41, 5.74) is -1.99. The minimum Gasteiger partial charge on any atom is -0.384 e. The number of anilines is 2. The number of pyridine rings is 1. The van der Waals surface area contributed by atoms with E-state index in [-0.39, 0.29) is 23.6 Å². The fourth-order valence-electron chi connectivity index (χ4n) is 5.47. The Labute approximate surface area is 218 Å². The van der Waals surface area contributed by atoms with Crippen molar-refractivity contribution in [3.8, 4) is 0 Å². The van der Waals surface area contributed by atoms with Gasteiger partial charge in [0.15, 0.2) is 5.65 Å². The van der Waals surface area contributed by atoms with Gasteiger partial charge in [0, 0.05) is 25.6 Å². The minimum absolute atomic E-state index is 0.0143. The molecular weight excluding hydrogens is 497 g/mol. The Morgan fingerprint density at radius 3 is 2.53 bits per heavy atom. The molecule has 3 fully saturated rings. The Morgan fingerprint density at radius 2 is 1.89 bits per heavy atom. The highest BCUT2D eigenvalue weighted by atomic mass is 19.3. The van der Waals surface area contributed by atoms with Crippen molar-refractivity contribution in [3.63, 3.8) is 0 Å². The van der Waals surface area contributed by atoms with Gasteiger partial charge in [0.1, 0.15) is 23.1 Å². The molecule has 6 rings (SSSR count). The SMILES string of the molecule is CC(=O)N1C2CC1CN(c1cnc3nc(C)nc(N[C@H](C)c4cccc(C(F)(F)C(C)(C)O)c4F)c3c1)C2. The molecule has 202 valence electrons. The van der Waals surface area contributed by atoms with E-state index in [2.05, 4.69) is 25.2 Å². The van der Waals surface area contributed by atoms with Crippen LogP contribution in [0.4, 0.5) is 24.7 Å². The van der Waals surface area contributed by atoms with E-state index >= 15 is 4.39 Å². The van der Waals surface area contributed by atoms with Gasteiger partial charge in [-0.25, -0.2) is 19.3 Å². The molecule has 11 heteroatoms. The predicted molar refractivity (Wildman–Crippen MR) is 138 cm³/mol. The maximum absolute atomic E-state index is 15.4. The number of aromatic nitrogens is 3. The summed E-state index contributed by atoms with van der Waals surface area (Å²) in [4.78, 5) is 29.5. The Bertz CT molecular complexity index is 1400. The number of alkyl halides is 2. The molecule has 2 unspecified atom stereocenters. The van der Waals surface area contributed by atoms with Gasteiger partial charge in [-0.15, -0.1) is 0 Å². The number of piperazine rings is 1. The molecule has 8 nitrogen and oxygen atoms in total. The number of rotatable bonds is 6. The number of aryl methyl sites for hydroxylation is 1. The zero-order chi connectivity index (χ0) is 27.6. The highest BCUT2D eigenvalue weighted by Crippen LogP contribution is 2.41. The van der Waals surface area contributed by atoms with Crippen LogP contribution < -0.4 is 10.2 Å². The molecule has 1 amide bonds. The molecule has 2 bridgehead atoms. The third kappa shape index (κ3) is 4.32. The third-order valence-corrected chi connectivity index (χ3v) is 7.53. The minimum atomic E-state index is -3.79. The number of carbonyl (C=O) groups is 1. The van der Waals surface area contributed by atoms with Crippen molar-refractivity contribution in [1.29, 1.82) is 0 Å². The van der Waals surface area contributed by atoms with E-state index in [0.29, 0.717) is 35.8 Å². The first-order valence-electron chi connectivity index (χ1n) is 12.6. The van der Waals surface area contributed by atoms with Gasteiger partial charge in [0.2, 0.25) is 5.91 Å². The highest BCUT2D eigenvalue weighted by molar-refractivity contribution is 5.89. The summed E-state index contributed by atoms with van der Waals surface area (Å²) >= 11 is 0. The number of amides is 1. The summed E-state index contributed by atoms with van der Waals surface area (Å²) in [6, 6.07) is 5.28. The number of aliphatic hydroxyl groups is 1. The van der Waals surface area contributed by atoms with Gasteiger partial charge in [-0.2, -0.15) is 8.78 Å². The van der Waals surface area contributed by atoms with Gasteiger partial charge in [0.05, 0.1) is 41.0 Å². The zero-order valence-electron chi connectivity index (χ0n) is 22.0. The first kappa shape index (κ1) is 26.1. The van der Waals surface area contributed by atoms with Crippen molar-refractivity contribution in [1.82, 2.24) is 19.9 Å². The summed E-state index contributed by atoms with van der Waals surface area (Å²) in [6.45, 7) is 8.25. The fraction of sp³-hybridized carbons (Fsp3) is 0.481. The molecule has 2 aromatic heterocycles. The molecule has 3 saturated heterocycles. The summed E-state index contributed by atoms with van der Waals surface area (Å²) in [7, 11) is 0. The number of piperidine rings is 1. The van der Waals surface area contributed by atoms with Crippen LogP contribution in [-0.4, -0.2) is 61.6 Å².